The highest BCUT2D eigenvalue weighted by molar-refractivity contribution is 6.46. The Balaban J connectivity index is 1.78. The lowest BCUT2D eigenvalue weighted by Gasteiger charge is -2.46. The van der Waals surface area contributed by atoms with Gasteiger partial charge in [0.05, 0.1) is 21.3 Å². The van der Waals surface area contributed by atoms with Crippen molar-refractivity contribution in [2.75, 3.05) is 9.80 Å². The minimum Gasteiger partial charge on any atom is -0.360 e. The molecule has 2 heterocycles. The minimum atomic E-state index is -0.879. The number of nitrogens with one attached hydrogen (secondary N) is 1. The largest absolute Gasteiger partial charge is 0.360 e. The van der Waals surface area contributed by atoms with Crippen LogP contribution in [0.5, 0.6) is 0 Å². The summed E-state index contributed by atoms with van der Waals surface area (Å²) in [5, 5.41) is 2.46. The van der Waals surface area contributed by atoms with Crippen molar-refractivity contribution in [3.63, 3.8) is 0 Å². The molecule has 2 aliphatic heterocycles. The Morgan fingerprint density at radius 3 is 2.41 bits per heavy atom. The van der Waals surface area contributed by atoms with E-state index in [-0.39, 0.29) is 32.9 Å². The Morgan fingerprint density at radius 2 is 1.74 bits per heavy atom. The molecule has 2 aliphatic rings. The number of fused-ring (bicyclic) bond motifs is 1. The number of rotatable bonds is 3. The lowest BCUT2D eigenvalue weighted by Crippen LogP contribution is -2.54. The number of imide groups is 2. The van der Waals surface area contributed by atoms with Gasteiger partial charge in [-0.3, -0.25) is 14.9 Å². The van der Waals surface area contributed by atoms with Crippen molar-refractivity contribution in [3.8, 4) is 0 Å². The van der Waals surface area contributed by atoms with Crippen LogP contribution >= 0.6 is 23.2 Å². The predicted octanol–water partition coefficient (Wildman–Crippen LogP) is 6.07. The third kappa shape index (κ3) is 4.01. The van der Waals surface area contributed by atoms with Crippen molar-refractivity contribution in [1.82, 2.24) is 5.32 Å². The van der Waals surface area contributed by atoms with Gasteiger partial charge in [0, 0.05) is 17.3 Å². The zero-order valence-corrected chi connectivity index (χ0v) is 21.1. The molecule has 2 aromatic carbocycles. The highest BCUT2D eigenvalue weighted by Crippen LogP contribution is 2.41. The summed E-state index contributed by atoms with van der Waals surface area (Å²) < 4.78 is 0. The molecular formula is C26H25Cl2N3O3. The second kappa shape index (κ2) is 8.60. The number of nitrogens with zero attached hydrogens (tertiary/aromatic N) is 2. The van der Waals surface area contributed by atoms with Gasteiger partial charge in [-0.25, -0.2) is 9.69 Å². The van der Waals surface area contributed by atoms with E-state index in [9.17, 15) is 14.4 Å². The van der Waals surface area contributed by atoms with Crippen molar-refractivity contribution < 1.29 is 14.4 Å². The Labute approximate surface area is 208 Å². The number of amides is 4. The van der Waals surface area contributed by atoms with E-state index in [2.05, 4.69) is 50.9 Å². The van der Waals surface area contributed by atoms with Gasteiger partial charge < -0.3 is 4.90 Å². The van der Waals surface area contributed by atoms with E-state index in [4.69, 9.17) is 23.2 Å². The van der Waals surface area contributed by atoms with Crippen molar-refractivity contribution in [3.05, 3.63) is 69.2 Å². The molecule has 2 aromatic rings. The molecule has 1 saturated heterocycles. The standard InChI is InChI=1S/C26H25Cl2N3O3/c1-14(2)31-20-10-9-16(11-17(20)15(3)13-26(31,4)5)12-18-23(32)29-25(34)30(24(18)33)21-8-6-7-19(27)22(21)28/h6-14H,1-5H3,(H,29,32,34)/b18-12+. The lowest BCUT2D eigenvalue weighted by atomic mass is 9.86. The Bertz CT molecular complexity index is 1290. The third-order valence-electron chi connectivity index (χ3n) is 6.00. The van der Waals surface area contributed by atoms with Crippen LogP contribution in [0.1, 0.15) is 45.7 Å². The van der Waals surface area contributed by atoms with E-state index in [1.54, 1.807) is 12.1 Å². The number of allylic oxidation sites excluding steroid dienone is 1. The fourth-order valence-corrected chi connectivity index (χ4v) is 5.19. The van der Waals surface area contributed by atoms with Crippen LogP contribution in [0.4, 0.5) is 16.2 Å². The lowest BCUT2D eigenvalue weighted by molar-refractivity contribution is -0.122. The van der Waals surface area contributed by atoms with E-state index < -0.39 is 17.8 Å². The number of urea groups is 1. The quantitative estimate of drug-likeness (QED) is 0.412. The summed E-state index contributed by atoms with van der Waals surface area (Å²) in [4.78, 5) is 41.5. The topological polar surface area (TPSA) is 69.7 Å². The second-order valence-electron chi connectivity index (χ2n) is 9.25. The molecule has 0 saturated carbocycles. The van der Waals surface area contributed by atoms with E-state index in [1.165, 1.54) is 12.1 Å². The number of hydrogen-bond donors (Lipinski definition) is 1. The molecule has 176 valence electrons. The van der Waals surface area contributed by atoms with E-state index >= 15 is 0 Å². The summed E-state index contributed by atoms with van der Waals surface area (Å²) in [6.07, 6.45) is 3.70. The number of hydrogen-bond acceptors (Lipinski definition) is 4. The molecule has 0 spiro atoms. The molecule has 8 heteroatoms. The number of halogens is 2. The van der Waals surface area contributed by atoms with Gasteiger partial charge in [-0.15, -0.1) is 0 Å². The fourth-order valence-electron chi connectivity index (χ4n) is 4.81. The van der Waals surface area contributed by atoms with Crippen LogP contribution in [0.15, 0.2) is 48.0 Å². The van der Waals surface area contributed by atoms with Crippen LogP contribution in [-0.2, 0) is 9.59 Å². The molecule has 4 rings (SSSR count). The SMILES string of the molecule is CC1=CC(C)(C)N(C(C)C)c2ccc(/C=C3\C(=O)NC(=O)N(c4cccc(Cl)c4Cl)C3=O)cc21. The maximum absolute atomic E-state index is 13.2. The fraction of sp³-hybridized carbons (Fsp3) is 0.269. The first-order valence-electron chi connectivity index (χ1n) is 10.9. The highest BCUT2D eigenvalue weighted by Gasteiger charge is 2.38. The molecule has 34 heavy (non-hydrogen) atoms. The predicted molar refractivity (Wildman–Crippen MR) is 137 cm³/mol. The normalized spacial score (nSPS) is 18.9. The molecule has 1 N–H and O–H groups in total. The van der Waals surface area contributed by atoms with E-state index in [1.807, 2.05) is 18.2 Å². The molecule has 1 fully saturated rings. The number of carbonyl (C=O) groups excluding carboxylic acids is 3. The molecule has 0 aliphatic carbocycles. The number of anilines is 2. The summed E-state index contributed by atoms with van der Waals surface area (Å²) in [5.74, 6) is -1.54. The van der Waals surface area contributed by atoms with Gasteiger partial charge in [0.1, 0.15) is 5.57 Å². The first-order valence-corrected chi connectivity index (χ1v) is 11.7. The van der Waals surface area contributed by atoms with E-state index in [0.29, 0.717) is 5.56 Å². The van der Waals surface area contributed by atoms with Gasteiger partial charge in [-0.05, 0) is 76.1 Å². The average molecular weight is 498 g/mol. The number of carbonyl (C=O) groups is 3. The molecule has 0 bridgehead atoms. The molecule has 0 aromatic heterocycles. The zero-order chi connectivity index (χ0) is 24.9. The second-order valence-corrected chi connectivity index (χ2v) is 10.0. The first kappa shape index (κ1) is 24.0. The highest BCUT2D eigenvalue weighted by atomic mass is 35.5. The molecule has 6 nitrogen and oxygen atoms in total. The van der Waals surface area contributed by atoms with Crippen molar-refractivity contribution in [1.29, 1.82) is 0 Å². The van der Waals surface area contributed by atoms with Gasteiger partial charge >= 0.3 is 6.03 Å². The Hall–Kier alpha value is -3.09. The van der Waals surface area contributed by atoms with Crippen LogP contribution in [0.25, 0.3) is 11.6 Å². The maximum Gasteiger partial charge on any atom is 0.336 e. The number of barbiturate groups is 1. The van der Waals surface area contributed by atoms with Gasteiger partial charge in [0.2, 0.25) is 0 Å². The summed E-state index contributed by atoms with van der Waals surface area (Å²) in [5.41, 5.74) is 3.67. The number of benzene rings is 2. The maximum atomic E-state index is 13.2. The molecule has 0 atom stereocenters. The minimum absolute atomic E-state index is 0.0484. The van der Waals surface area contributed by atoms with Crippen molar-refractivity contribution in [2.24, 2.45) is 0 Å². The molecule has 0 unspecified atom stereocenters. The van der Waals surface area contributed by atoms with E-state index in [0.717, 1.165) is 21.7 Å². The first-order chi connectivity index (χ1) is 15.9. The van der Waals surface area contributed by atoms with Crippen LogP contribution in [0.3, 0.4) is 0 Å². The Morgan fingerprint density at radius 1 is 1.03 bits per heavy atom. The molecule has 4 amide bonds. The van der Waals surface area contributed by atoms with Crippen LogP contribution in [0.2, 0.25) is 10.0 Å². The van der Waals surface area contributed by atoms with Crippen molar-refractivity contribution in [2.45, 2.75) is 46.2 Å². The van der Waals surface area contributed by atoms with Gasteiger partial charge in [0.25, 0.3) is 11.8 Å². The zero-order valence-electron chi connectivity index (χ0n) is 19.6. The molecule has 0 radical (unpaired) electrons. The monoisotopic (exact) mass is 497 g/mol. The van der Waals surface area contributed by atoms with Gasteiger partial charge in [-0.2, -0.15) is 0 Å². The summed E-state index contributed by atoms with van der Waals surface area (Å²) in [6.45, 7) is 10.7. The third-order valence-corrected chi connectivity index (χ3v) is 6.81. The smallest absolute Gasteiger partial charge is 0.336 e. The van der Waals surface area contributed by atoms with Crippen molar-refractivity contribution >= 4 is 64.1 Å². The van der Waals surface area contributed by atoms with Crippen LogP contribution < -0.4 is 15.1 Å². The summed E-state index contributed by atoms with van der Waals surface area (Å²) in [7, 11) is 0. The average Bonchev–Trinajstić information content (AvgIpc) is 2.73. The van der Waals surface area contributed by atoms with Crippen LogP contribution in [0, 0.1) is 0 Å². The molecular weight excluding hydrogens is 473 g/mol. The van der Waals surface area contributed by atoms with Gasteiger partial charge in [0.15, 0.2) is 0 Å². The van der Waals surface area contributed by atoms with Crippen LogP contribution in [-0.4, -0.2) is 29.4 Å². The summed E-state index contributed by atoms with van der Waals surface area (Å²) in [6, 6.07) is 9.83. The summed E-state index contributed by atoms with van der Waals surface area (Å²) >= 11 is 12.3. The Kier molecular flexibility index (Phi) is 6.08. The van der Waals surface area contributed by atoms with Gasteiger partial charge in [-0.1, -0.05) is 41.4 Å².